The van der Waals surface area contributed by atoms with Crippen LogP contribution in [-0.2, 0) is 0 Å². The molecule has 0 saturated heterocycles. The maximum absolute atomic E-state index is 6.85. The van der Waals surface area contributed by atoms with Crippen molar-refractivity contribution in [2.24, 2.45) is 0 Å². The number of allylic oxidation sites excluding steroid dienone is 2. The molecule has 0 fully saturated rings. The summed E-state index contributed by atoms with van der Waals surface area (Å²) in [6.07, 6.45) is 5.60. The Morgan fingerprint density at radius 3 is 2.07 bits per heavy atom. The van der Waals surface area contributed by atoms with Crippen molar-refractivity contribution in [2.45, 2.75) is 52.4 Å². The summed E-state index contributed by atoms with van der Waals surface area (Å²) >= 11 is 6.85. The van der Waals surface area contributed by atoms with Crippen LogP contribution < -0.4 is 0 Å². The van der Waals surface area contributed by atoms with E-state index in [1.807, 2.05) is 0 Å². The summed E-state index contributed by atoms with van der Waals surface area (Å²) in [5, 5.41) is 0. The Kier molecular flexibility index (Phi) is 4.03. The lowest BCUT2D eigenvalue weighted by molar-refractivity contribution is 0.319. The molecule has 1 aliphatic heterocycles. The van der Waals surface area contributed by atoms with Crippen LogP contribution >= 0.6 is 18.0 Å². The van der Waals surface area contributed by atoms with Gasteiger partial charge in [0, 0.05) is 12.1 Å². The molecule has 14 heavy (non-hydrogen) atoms. The summed E-state index contributed by atoms with van der Waals surface area (Å²) in [4.78, 5) is 0. The maximum Gasteiger partial charge on any atom is 0.193 e. The van der Waals surface area contributed by atoms with E-state index in [2.05, 4.69) is 51.4 Å². The lowest BCUT2D eigenvalue weighted by Gasteiger charge is -2.36. The van der Waals surface area contributed by atoms with Gasteiger partial charge in [-0.25, -0.2) is 0 Å². The molecule has 82 valence electrons. The van der Waals surface area contributed by atoms with Crippen molar-refractivity contribution < 1.29 is 0 Å². The van der Waals surface area contributed by atoms with Crippen LogP contribution in [0.25, 0.3) is 0 Å². The van der Waals surface area contributed by atoms with Crippen molar-refractivity contribution in [3.63, 3.8) is 0 Å². The van der Waals surface area contributed by atoms with Crippen molar-refractivity contribution in [1.82, 2.24) is 4.67 Å². The Balaban J connectivity index is 2.88. The van der Waals surface area contributed by atoms with Crippen LogP contribution in [0, 0.1) is 0 Å². The fraction of sp³-hybridized carbons (Fsp3) is 0.818. The van der Waals surface area contributed by atoms with E-state index in [9.17, 15) is 0 Å². The van der Waals surface area contributed by atoms with E-state index in [0.717, 1.165) is 6.16 Å². The minimum absolute atomic E-state index is 0.545. The number of nitrogens with zero attached hydrogens (tertiary/aromatic N) is 1. The van der Waals surface area contributed by atoms with Gasteiger partial charge in [-0.1, -0.05) is 0 Å². The van der Waals surface area contributed by atoms with Crippen molar-refractivity contribution in [3.05, 3.63) is 12.2 Å². The average Bonchev–Trinajstić information content (AvgIpc) is 2.30. The van der Waals surface area contributed by atoms with Gasteiger partial charge in [0.15, 0.2) is 6.77 Å². The molecular formula is C11H22ClNP+. The number of hydrogen-bond donors (Lipinski definition) is 0. The maximum atomic E-state index is 6.85. The predicted molar refractivity (Wildman–Crippen MR) is 68.4 cm³/mol. The molecular weight excluding hydrogens is 213 g/mol. The first kappa shape index (κ1) is 12.5. The quantitative estimate of drug-likeness (QED) is 0.524. The van der Waals surface area contributed by atoms with Crippen molar-refractivity contribution in [1.29, 1.82) is 0 Å². The van der Waals surface area contributed by atoms with Crippen LogP contribution in [0.3, 0.4) is 0 Å². The fourth-order valence-electron chi connectivity index (χ4n) is 2.37. The fourth-order valence-corrected chi connectivity index (χ4v) is 7.13. The van der Waals surface area contributed by atoms with E-state index in [4.69, 9.17) is 11.2 Å². The molecule has 1 unspecified atom stereocenters. The van der Waals surface area contributed by atoms with Crippen LogP contribution in [0.15, 0.2) is 12.2 Å². The monoisotopic (exact) mass is 234 g/mol. The van der Waals surface area contributed by atoms with Gasteiger partial charge in [0.05, 0.1) is 0 Å². The molecule has 0 aliphatic carbocycles. The molecule has 0 radical (unpaired) electrons. The molecule has 0 amide bonds. The summed E-state index contributed by atoms with van der Waals surface area (Å²) in [7, 11) is 0. The Hall–Kier alpha value is 0.420. The highest BCUT2D eigenvalue weighted by Crippen LogP contribution is 2.74. The lowest BCUT2D eigenvalue weighted by atomic mass is 10.3. The van der Waals surface area contributed by atoms with Gasteiger partial charge in [-0.3, -0.25) is 0 Å². The second-order valence-electron chi connectivity index (χ2n) is 4.65. The van der Waals surface area contributed by atoms with E-state index < -0.39 is 6.77 Å². The normalized spacial score (nSPS) is 32.5. The highest BCUT2D eigenvalue weighted by molar-refractivity contribution is 7.98. The van der Waals surface area contributed by atoms with Gasteiger partial charge in [0.2, 0.25) is 0 Å². The van der Waals surface area contributed by atoms with Gasteiger partial charge in [-0.15, -0.1) is 0 Å². The molecule has 0 aromatic heterocycles. The first-order valence-corrected chi connectivity index (χ1v) is 8.32. The van der Waals surface area contributed by atoms with E-state index in [-0.39, 0.29) is 0 Å². The highest BCUT2D eigenvalue weighted by Gasteiger charge is 2.52. The molecule has 0 aromatic rings. The second-order valence-corrected chi connectivity index (χ2v) is 9.51. The first-order valence-electron chi connectivity index (χ1n) is 5.42. The third-order valence-electron chi connectivity index (χ3n) is 2.84. The largest absolute Gasteiger partial charge is 0.193 e. The Labute approximate surface area is 93.7 Å². The standard InChI is InChI=1S/C11H22ClNP/c1-9(2)13(10(3)4)14(12)8-6-7-11(14)5/h6-7,9-11H,8H2,1-5H3/q+1/t11-,14?/m1/s1. The first-order chi connectivity index (χ1) is 6.39. The summed E-state index contributed by atoms with van der Waals surface area (Å²) in [5.74, 6) is 0. The SMILES string of the molecule is CC(C)N(C(C)C)[P+]1(Cl)CC=C[C@H]1C. The van der Waals surface area contributed by atoms with Crippen LogP contribution in [0.5, 0.6) is 0 Å². The summed E-state index contributed by atoms with van der Waals surface area (Å²) < 4.78 is 2.53. The van der Waals surface area contributed by atoms with Gasteiger partial charge < -0.3 is 0 Å². The second kappa shape index (κ2) is 4.51. The molecule has 1 heterocycles. The molecule has 0 bridgehead atoms. The van der Waals surface area contributed by atoms with Crippen LogP contribution in [0.4, 0.5) is 0 Å². The third kappa shape index (κ3) is 2.15. The summed E-state index contributed by atoms with van der Waals surface area (Å²) in [5.41, 5.74) is 0.550. The summed E-state index contributed by atoms with van der Waals surface area (Å²) in [6, 6.07) is 1.09. The molecule has 0 aromatic carbocycles. The van der Waals surface area contributed by atoms with Crippen LogP contribution in [0.2, 0.25) is 0 Å². The molecule has 1 nitrogen and oxygen atoms in total. The zero-order valence-corrected chi connectivity index (χ0v) is 11.5. The zero-order valence-electron chi connectivity index (χ0n) is 9.87. The molecule has 2 atom stereocenters. The topological polar surface area (TPSA) is 3.24 Å². The lowest BCUT2D eigenvalue weighted by Crippen LogP contribution is -2.37. The molecule has 0 saturated carbocycles. The average molecular weight is 235 g/mol. The summed E-state index contributed by atoms with van der Waals surface area (Å²) in [6.45, 7) is 9.79. The van der Waals surface area contributed by atoms with E-state index in [0.29, 0.717) is 17.7 Å². The minimum atomic E-state index is -1.44. The van der Waals surface area contributed by atoms with Gasteiger partial charge in [-0.05, 0) is 46.8 Å². The smallest absolute Gasteiger partial charge is 0.159 e. The Bertz CT molecular complexity index is 219. The molecule has 0 spiro atoms. The van der Waals surface area contributed by atoms with Crippen LogP contribution in [0.1, 0.15) is 34.6 Å². The molecule has 0 N–H and O–H groups in total. The van der Waals surface area contributed by atoms with E-state index >= 15 is 0 Å². The van der Waals surface area contributed by atoms with Gasteiger partial charge in [0.25, 0.3) is 0 Å². The van der Waals surface area contributed by atoms with E-state index in [1.165, 1.54) is 0 Å². The Morgan fingerprint density at radius 1 is 1.29 bits per heavy atom. The van der Waals surface area contributed by atoms with Gasteiger partial charge in [0.1, 0.15) is 23.1 Å². The highest BCUT2D eigenvalue weighted by atomic mass is 35.7. The van der Waals surface area contributed by atoms with Crippen molar-refractivity contribution in [3.8, 4) is 0 Å². The minimum Gasteiger partial charge on any atom is -0.159 e. The number of hydrogen-bond acceptors (Lipinski definition) is 1. The zero-order chi connectivity index (χ0) is 10.9. The van der Waals surface area contributed by atoms with Crippen molar-refractivity contribution >= 4 is 18.0 Å². The number of halogens is 1. The van der Waals surface area contributed by atoms with Gasteiger partial charge in [-0.2, -0.15) is 4.67 Å². The molecule has 1 aliphatic rings. The van der Waals surface area contributed by atoms with Crippen molar-refractivity contribution in [2.75, 3.05) is 6.16 Å². The number of rotatable bonds is 3. The van der Waals surface area contributed by atoms with Gasteiger partial charge >= 0.3 is 0 Å². The Morgan fingerprint density at radius 2 is 1.79 bits per heavy atom. The molecule has 3 heteroatoms. The predicted octanol–water partition coefficient (Wildman–Crippen LogP) is 4.15. The van der Waals surface area contributed by atoms with E-state index in [1.54, 1.807) is 0 Å². The molecule has 1 rings (SSSR count). The third-order valence-corrected chi connectivity index (χ3v) is 8.54. The van der Waals surface area contributed by atoms with Crippen LogP contribution in [-0.4, -0.2) is 28.6 Å².